The fraction of sp³-hybridized carbons (Fsp3) is 0.350. The van der Waals surface area contributed by atoms with Crippen molar-refractivity contribution >= 4 is 12.0 Å². The summed E-state index contributed by atoms with van der Waals surface area (Å²) in [6.07, 6.45) is 7.76. The van der Waals surface area contributed by atoms with Gasteiger partial charge in [-0.15, -0.1) is 0 Å². The van der Waals surface area contributed by atoms with Crippen LogP contribution in [0.1, 0.15) is 25.0 Å². The van der Waals surface area contributed by atoms with E-state index in [1.54, 1.807) is 36.6 Å². The van der Waals surface area contributed by atoms with Crippen molar-refractivity contribution in [2.24, 2.45) is 5.92 Å². The van der Waals surface area contributed by atoms with Gasteiger partial charge >= 0.3 is 0 Å². The maximum Gasteiger partial charge on any atom is 0.246 e. The fourth-order valence-corrected chi connectivity index (χ4v) is 2.96. The summed E-state index contributed by atoms with van der Waals surface area (Å²) in [5, 5.41) is 0. The predicted molar refractivity (Wildman–Crippen MR) is 93.6 cm³/mol. The Morgan fingerprint density at radius 1 is 1.24 bits per heavy atom. The number of piperidine rings is 1. The second kappa shape index (κ2) is 8.51. The van der Waals surface area contributed by atoms with E-state index in [1.165, 1.54) is 12.1 Å². The van der Waals surface area contributed by atoms with Crippen LogP contribution in [-0.4, -0.2) is 30.5 Å². The molecule has 1 amide bonds. The third kappa shape index (κ3) is 5.21. The number of carbonyl (C=O) groups is 1. The number of ether oxygens (including phenoxy) is 1. The second-order valence-corrected chi connectivity index (χ2v) is 6.21. The highest BCUT2D eigenvalue weighted by atomic mass is 19.1. The molecule has 0 N–H and O–H groups in total. The summed E-state index contributed by atoms with van der Waals surface area (Å²) in [5.41, 5.74) is 0. The summed E-state index contributed by atoms with van der Waals surface area (Å²) in [6.45, 7) is 2.15. The quantitative estimate of drug-likeness (QED) is 0.740. The first kappa shape index (κ1) is 17.3. The number of rotatable bonds is 6. The minimum atomic E-state index is -0.259. The molecule has 0 atom stereocenters. The normalized spacial score (nSPS) is 15.6. The topological polar surface area (TPSA) is 42.7 Å². The largest absolute Gasteiger partial charge is 0.494 e. The molecule has 1 aliphatic heterocycles. The molecule has 25 heavy (non-hydrogen) atoms. The fourth-order valence-electron chi connectivity index (χ4n) is 2.96. The zero-order valence-electron chi connectivity index (χ0n) is 14.1. The van der Waals surface area contributed by atoms with Gasteiger partial charge in [0.05, 0.1) is 12.9 Å². The van der Waals surface area contributed by atoms with E-state index in [0.717, 1.165) is 32.4 Å². The first-order valence-corrected chi connectivity index (χ1v) is 8.59. The summed E-state index contributed by atoms with van der Waals surface area (Å²) >= 11 is 0. The van der Waals surface area contributed by atoms with Crippen molar-refractivity contribution in [1.82, 2.24) is 4.90 Å². The molecule has 1 aliphatic rings. The summed E-state index contributed by atoms with van der Waals surface area (Å²) in [7, 11) is 0. The molecule has 1 saturated heterocycles. The number of benzene rings is 1. The van der Waals surface area contributed by atoms with Crippen molar-refractivity contribution < 1.29 is 18.3 Å². The highest BCUT2D eigenvalue weighted by molar-refractivity contribution is 5.91. The lowest BCUT2D eigenvalue weighted by molar-refractivity contribution is -0.127. The second-order valence-electron chi connectivity index (χ2n) is 6.21. The Bertz CT molecular complexity index is 686. The molecule has 5 heteroatoms. The van der Waals surface area contributed by atoms with E-state index in [1.807, 2.05) is 11.0 Å². The van der Waals surface area contributed by atoms with Crippen LogP contribution in [0.15, 0.2) is 53.2 Å². The Kier molecular flexibility index (Phi) is 5.88. The van der Waals surface area contributed by atoms with Crippen molar-refractivity contribution in [1.29, 1.82) is 0 Å². The van der Waals surface area contributed by atoms with Crippen LogP contribution in [0.3, 0.4) is 0 Å². The van der Waals surface area contributed by atoms with Crippen LogP contribution in [0.4, 0.5) is 4.39 Å². The summed E-state index contributed by atoms with van der Waals surface area (Å²) < 4.78 is 23.7. The maximum absolute atomic E-state index is 12.8. The van der Waals surface area contributed by atoms with Crippen LogP contribution in [0.5, 0.6) is 5.75 Å². The molecule has 0 saturated carbocycles. The molecule has 1 aromatic carbocycles. The third-order valence-electron chi connectivity index (χ3n) is 4.47. The van der Waals surface area contributed by atoms with Crippen molar-refractivity contribution in [2.75, 3.05) is 19.7 Å². The Hall–Kier alpha value is -2.56. The molecular formula is C20H22FNO3. The number of carbonyl (C=O) groups excluding carboxylic acids is 1. The molecule has 3 rings (SSSR count). The lowest BCUT2D eigenvalue weighted by atomic mass is 9.94. The number of halogens is 1. The molecular weight excluding hydrogens is 321 g/mol. The average molecular weight is 343 g/mol. The molecule has 0 aliphatic carbocycles. The Balaban J connectivity index is 1.36. The molecule has 0 bridgehead atoms. The standard InChI is InChI=1S/C20H22FNO3/c21-17-3-5-19(6-4-17)25-15-11-16-9-12-22(13-10-16)20(23)8-7-18-2-1-14-24-18/h1-8,14,16H,9-13,15H2/b8-7+. The summed E-state index contributed by atoms with van der Waals surface area (Å²) in [5.74, 6) is 1.69. The zero-order valence-corrected chi connectivity index (χ0v) is 14.1. The average Bonchev–Trinajstić information content (AvgIpc) is 3.15. The van der Waals surface area contributed by atoms with Gasteiger partial charge in [0.1, 0.15) is 17.3 Å². The Labute approximate surface area is 146 Å². The molecule has 1 aromatic heterocycles. The van der Waals surface area contributed by atoms with E-state index in [0.29, 0.717) is 24.0 Å². The Morgan fingerprint density at radius 3 is 2.68 bits per heavy atom. The van der Waals surface area contributed by atoms with E-state index in [2.05, 4.69) is 0 Å². The maximum atomic E-state index is 12.8. The van der Waals surface area contributed by atoms with Crippen LogP contribution in [0.2, 0.25) is 0 Å². The number of amides is 1. The highest BCUT2D eigenvalue weighted by Crippen LogP contribution is 2.21. The first-order chi connectivity index (χ1) is 12.2. The predicted octanol–water partition coefficient (Wildman–Crippen LogP) is 4.14. The lowest BCUT2D eigenvalue weighted by Gasteiger charge is -2.31. The van der Waals surface area contributed by atoms with E-state index >= 15 is 0 Å². The minimum Gasteiger partial charge on any atom is -0.494 e. The van der Waals surface area contributed by atoms with Crippen LogP contribution in [-0.2, 0) is 4.79 Å². The van der Waals surface area contributed by atoms with Crippen molar-refractivity contribution in [3.05, 3.63) is 60.3 Å². The summed E-state index contributed by atoms with van der Waals surface area (Å²) in [4.78, 5) is 14.0. The van der Waals surface area contributed by atoms with Gasteiger partial charge in [-0.2, -0.15) is 0 Å². The van der Waals surface area contributed by atoms with Gasteiger partial charge in [-0.25, -0.2) is 4.39 Å². The molecule has 0 spiro atoms. The molecule has 2 heterocycles. The van der Waals surface area contributed by atoms with Gasteiger partial charge in [-0.1, -0.05) is 0 Å². The molecule has 0 unspecified atom stereocenters. The van der Waals surface area contributed by atoms with Crippen LogP contribution >= 0.6 is 0 Å². The van der Waals surface area contributed by atoms with Gasteiger partial charge in [0.2, 0.25) is 5.91 Å². The molecule has 1 fully saturated rings. The van der Waals surface area contributed by atoms with Crippen molar-refractivity contribution in [3.8, 4) is 5.75 Å². The van der Waals surface area contributed by atoms with Crippen LogP contribution in [0.25, 0.3) is 6.08 Å². The van der Waals surface area contributed by atoms with Gasteiger partial charge < -0.3 is 14.1 Å². The van der Waals surface area contributed by atoms with E-state index < -0.39 is 0 Å². The monoisotopic (exact) mass is 343 g/mol. The van der Waals surface area contributed by atoms with E-state index in [4.69, 9.17) is 9.15 Å². The van der Waals surface area contributed by atoms with Crippen molar-refractivity contribution in [3.63, 3.8) is 0 Å². The van der Waals surface area contributed by atoms with Crippen LogP contribution in [0, 0.1) is 11.7 Å². The summed E-state index contributed by atoms with van der Waals surface area (Å²) in [6, 6.07) is 9.69. The third-order valence-corrected chi connectivity index (χ3v) is 4.47. The van der Waals surface area contributed by atoms with Gasteiger partial charge in [0.25, 0.3) is 0 Å². The first-order valence-electron chi connectivity index (χ1n) is 8.59. The minimum absolute atomic E-state index is 0.0254. The SMILES string of the molecule is O=C(/C=C/c1ccco1)N1CCC(CCOc2ccc(F)cc2)CC1. The van der Waals surface area contributed by atoms with Crippen LogP contribution < -0.4 is 4.74 Å². The number of furan rings is 1. The van der Waals surface area contributed by atoms with Crippen molar-refractivity contribution in [2.45, 2.75) is 19.3 Å². The van der Waals surface area contributed by atoms with Gasteiger partial charge in [-0.3, -0.25) is 4.79 Å². The highest BCUT2D eigenvalue weighted by Gasteiger charge is 2.21. The number of hydrogen-bond acceptors (Lipinski definition) is 3. The molecule has 0 radical (unpaired) electrons. The smallest absolute Gasteiger partial charge is 0.246 e. The zero-order chi connectivity index (χ0) is 17.5. The lowest BCUT2D eigenvalue weighted by Crippen LogP contribution is -2.37. The van der Waals surface area contributed by atoms with Gasteiger partial charge in [-0.05, 0) is 67.7 Å². The number of nitrogens with zero attached hydrogens (tertiary/aromatic N) is 1. The van der Waals surface area contributed by atoms with Gasteiger partial charge in [0, 0.05) is 19.2 Å². The molecule has 132 valence electrons. The number of hydrogen-bond donors (Lipinski definition) is 0. The van der Waals surface area contributed by atoms with E-state index in [9.17, 15) is 9.18 Å². The molecule has 2 aromatic rings. The van der Waals surface area contributed by atoms with Gasteiger partial charge in [0.15, 0.2) is 0 Å². The molecule has 4 nitrogen and oxygen atoms in total. The Morgan fingerprint density at radius 2 is 2.00 bits per heavy atom. The number of likely N-dealkylation sites (tertiary alicyclic amines) is 1. The van der Waals surface area contributed by atoms with E-state index in [-0.39, 0.29) is 11.7 Å².